The maximum Gasteiger partial charge on any atom is 0.166 e. The predicted octanol–water partition coefficient (Wildman–Crippen LogP) is 2.47. The highest BCUT2D eigenvalue weighted by molar-refractivity contribution is 5.98. The van der Waals surface area contributed by atoms with Gasteiger partial charge in [-0.25, -0.2) is 0 Å². The first kappa shape index (κ1) is 10.0. The van der Waals surface area contributed by atoms with Crippen LogP contribution in [0, 0.1) is 5.92 Å². The Balaban J connectivity index is 2.24. The molecular formula is C12H14O3. The molecule has 80 valence electrons. The van der Waals surface area contributed by atoms with Gasteiger partial charge in [-0.1, -0.05) is 12.8 Å². The molecular weight excluding hydrogens is 192 g/mol. The molecule has 1 aromatic carbocycles. The maximum atomic E-state index is 11.9. The summed E-state index contributed by atoms with van der Waals surface area (Å²) in [5.41, 5.74) is 0.416. The van der Waals surface area contributed by atoms with Gasteiger partial charge in [0.15, 0.2) is 5.78 Å². The van der Waals surface area contributed by atoms with Crippen LogP contribution in [0.2, 0.25) is 0 Å². The molecule has 0 aromatic heterocycles. The first-order valence-corrected chi connectivity index (χ1v) is 5.24. The number of phenolic OH excluding ortho intramolecular Hbond substituents is 2. The minimum atomic E-state index is -0.0589. The SMILES string of the molecule is O=C(c1cc(O)cc(O)c1)C1CCCC1. The van der Waals surface area contributed by atoms with E-state index in [1.807, 2.05) is 0 Å². The first-order valence-electron chi connectivity index (χ1n) is 5.24. The highest BCUT2D eigenvalue weighted by Crippen LogP contribution is 2.30. The maximum absolute atomic E-state index is 11.9. The van der Waals surface area contributed by atoms with Gasteiger partial charge in [-0.05, 0) is 25.0 Å². The normalized spacial score (nSPS) is 16.8. The van der Waals surface area contributed by atoms with Crippen molar-refractivity contribution in [3.05, 3.63) is 23.8 Å². The summed E-state index contributed by atoms with van der Waals surface area (Å²) in [7, 11) is 0. The summed E-state index contributed by atoms with van der Waals surface area (Å²) in [6.45, 7) is 0. The first-order chi connectivity index (χ1) is 7.16. The zero-order chi connectivity index (χ0) is 10.8. The van der Waals surface area contributed by atoms with Crippen molar-refractivity contribution in [2.45, 2.75) is 25.7 Å². The van der Waals surface area contributed by atoms with Gasteiger partial charge in [-0.2, -0.15) is 0 Å². The number of carbonyl (C=O) groups excluding carboxylic acids is 1. The largest absolute Gasteiger partial charge is 0.508 e. The van der Waals surface area contributed by atoms with E-state index in [0.717, 1.165) is 25.7 Å². The van der Waals surface area contributed by atoms with Crippen molar-refractivity contribution in [1.82, 2.24) is 0 Å². The number of aromatic hydroxyl groups is 2. The van der Waals surface area contributed by atoms with Crippen LogP contribution in [0.3, 0.4) is 0 Å². The molecule has 2 N–H and O–H groups in total. The molecule has 3 heteroatoms. The average molecular weight is 206 g/mol. The second-order valence-electron chi connectivity index (χ2n) is 4.08. The van der Waals surface area contributed by atoms with Crippen LogP contribution in [-0.2, 0) is 0 Å². The Morgan fingerprint density at radius 2 is 1.60 bits per heavy atom. The van der Waals surface area contributed by atoms with Gasteiger partial charge in [0.05, 0.1) is 0 Å². The van der Waals surface area contributed by atoms with E-state index in [1.165, 1.54) is 18.2 Å². The number of hydrogen-bond acceptors (Lipinski definition) is 3. The van der Waals surface area contributed by atoms with Gasteiger partial charge in [0.1, 0.15) is 11.5 Å². The van der Waals surface area contributed by atoms with Crippen LogP contribution in [-0.4, -0.2) is 16.0 Å². The van der Waals surface area contributed by atoms with E-state index in [-0.39, 0.29) is 23.2 Å². The zero-order valence-corrected chi connectivity index (χ0v) is 8.44. The smallest absolute Gasteiger partial charge is 0.166 e. The van der Waals surface area contributed by atoms with Crippen molar-refractivity contribution in [1.29, 1.82) is 0 Å². The Kier molecular flexibility index (Phi) is 2.62. The molecule has 0 spiro atoms. The molecule has 1 fully saturated rings. The third-order valence-corrected chi connectivity index (χ3v) is 2.91. The predicted molar refractivity (Wildman–Crippen MR) is 56.1 cm³/mol. The number of carbonyl (C=O) groups is 1. The minimum absolute atomic E-state index is 0.0405. The van der Waals surface area contributed by atoms with Crippen LogP contribution >= 0.6 is 0 Å². The molecule has 0 aliphatic heterocycles. The summed E-state index contributed by atoms with van der Waals surface area (Å²) in [5, 5.41) is 18.5. The van der Waals surface area contributed by atoms with Gasteiger partial charge < -0.3 is 10.2 Å². The van der Waals surface area contributed by atoms with Crippen molar-refractivity contribution in [2.75, 3.05) is 0 Å². The molecule has 0 amide bonds. The molecule has 0 atom stereocenters. The molecule has 0 unspecified atom stereocenters. The van der Waals surface area contributed by atoms with Crippen molar-refractivity contribution in [3.63, 3.8) is 0 Å². The summed E-state index contributed by atoms with van der Waals surface area (Å²) in [4.78, 5) is 11.9. The fourth-order valence-electron chi connectivity index (χ4n) is 2.16. The highest BCUT2D eigenvalue weighted by Gasteiger charge is 2.24. The van der Waals surface area contributed by atoms with E-state index in [0.29, 0.717) is 5.56 Å². The van der Waals surface area contributed by atoms with E-state index in [9.17, 15) is 15.0 Å². The van der Waals surface area contributed by atoms with Gasteiger partial charge in [-0.3, -0.25) is 4.79 Å². The third kappa shape index (κ3) is 2.12. The Bertz CT molecular complexity index is 358. The Labute approximate surface area is 88.4 Å². The van der Waals surface area contributed by atoms with Crippen LogP contribution < -0.4 is 0 Å². The van der Waals surface area contributed by atoms with Crippen molar-refractivity contribution in [3.8, 4) is 11.5 Å². The van der Waals surface area contributed by atoms with Gasteiger partial charge in [-0.15, -0.1) is 0 Å². The van der Waals surface area contributed by atoms with Crippen molar-refractivity contribution in [2.24, 2.45) is 5.92 Å². The molecule has 15 heavy (non-hydrogen) atoms. The summed E-state index contributed by atoms with van der Waals surface area (Å²) in [6.07, 6.45) is 4.05. The van der Waals surface area contributed by atoms with Crippen LogP contribution in [0.25, 0.3) is 0 Å². The molecule has 0 radical (unpaired) electrons. The lowest BCUT2D eigenvalue weighted by Gasteiger charge is -2.08. The van der Waals surface area contributed by atoms with Crippen molar-refractivity contribution < 1.29 is 15.0 Å². The molecule has 2 rings (SSSR count). The van der Waals surface area contributed by atoms with Gasteiger partial charge in [0.2, 0.25) is 0 Å². The number of phenols is 2. The standard InChI is InChI=1S/C12H14O3/c13-10-5-9(6-11(14)7-10)12(15)8-3-1-2-4-8/h5-8,13-14H,1-4H2. The number of benzene rings is 1. The lowest BCUT2D eigenvalue weighted by atomic mass is 9.96. The fourth-order valence-corrected chi connectivity index (χ4v) is 2.16. The molecule has 1 aliphatic rings. The quantitative estimate of drug-likeness (QED) is 0.731. The highest BCUT2D eigenvalue weighted by atomic mass is 16.3. The Hall–Kier alpha value is -1.51. The van der Waals surface area contributed by atoms with Crippen LogP contribution in [0.15, 0.2) is 18.2 Å². The molecule has 1 saturated carbocycles. The number of Topliss-reactive ketones (excluding diaryl/α,β-unsaturated/α-hetero) is 1. The number of rotatable bonds is 2. The summed E-state index contributed by atoms with van der Waals surface area (Å²) >= 11 is 0. The average Bonchev–Trinajstić information content (AvgIpc) is 2.67. The topological polar surface area (TPSA) is 57.5 Å². The lowest BCUT2D eigenvalue weighted by molar-refractivity contribution is 0.0922. The molecule has 0 bridgehead atoms. The molecule has 0 heterocycles. The molecule has 1 aliphatic carbocycles. The van der Waals surface area contributed by atoms with Crippen LogP contribution in [0.5, 0.6) is 11.5 Å². The van der Waals surface area contributed by atoms with Crippen molar-refractivity contribution >= 4 is 5.78 Å². The molecule has 0 saturated heterocycles. The van der Waals surface area contributed by atoms with Crippen LogP contribution in [0.1, 0.15) is 36.0 Å². The number of ketones is 1. The second-order valence-corrected chi connectivity index (χ2v) is 4.08. The monoisotopic (exact) mass is 206 g/mol. The van der Waals surface area contributed by atoms with E-state index >= 15 is 0 Å². The Morgan fingerprint density at radius 1 is 1.07 bits per heavy atom. The van der Waals surface area contributed by atoms with Gasteiger partial charge in [0, 0.05) is 17.5 Å². The van der Waals surface area contributed by atoms with E-state index < -0.39 is 0 Å². The van der Waals surface area contributed by atoms with E-state index in [4.69, 9.17) is 0 Å². The minimum Gasteiger partial charge on any atom is -0.508 e. The summed E-state index contributed by atoms with van der Waals surface area (Å²) in [5.74, 6) is -0.00223. The zero-order valence-electron chi connectivity index (χ0n) is 8.44. The van der Waals surface area contributed by atoms with Gasteiger partial charge >= 0.3 is 0 Å². The third-order valence-electron chi connectivity index (χ3n) is 2.91. The van der Waals surface area contributed by atoms with E-state index in [2.05, 4.69) is 0 Å². The summed E-state index contributed by atoms with van der Waals surface area (Å²) < 4.78 is 0. The second kappa shape index (κ2) is 3.93. The summed E-state index contributed by atoms with van der Waals surface area (Å²) in [6, 6.07) is 4.06. The Morgan fingerprint density at radius 3 is 2.13 bits per heavy atom. The molecule has 3 nitrogen and oxygen atoms in total. The lowest BCUT2D eigenvalue weighted by Crippen LogP contribution is -2.10. The van der Waals surface area contributed by atoms with Gasteiger partial charge in [0.25, 0.3) is 0 Å². The van der Waals surface area contributed by atoms with E-state index in [1.54, 1.807) is 0 Å². The molecule has 1 aromatic rings. The van der Waals surface area contributed by atoms with Crippen LogP contribution in [0.4, 0.5) is 0 Å². The number of hydrogen-bond donors (Lipinski definition) is 2. The fraction of sp³-hybridized carbons (Fsp3) is 0.417.